The molecule has 1 saturated heterocycles. The van der Waals surface area contributed by atoms with E-state index < -0.39 is 0 Å². The largest absolute Gasteiger partial charge is 0.345 e. The Balaban J connectivity index is 1.89. The van der Waals surface area contributed by atoms with Crippen LogP contribution in [0.2, 0.25) is 0 Å². The van der Waals surface area contributed by atoms with E-state index in [4.69, 9.17) is 0 Å². The zero-order valence-electron chi connectivity index (χ0n) is 11.4. The maximum Gasteiger partial charge on any atom is 0.271 e. The fraction of sp³-hybridized carbons (Fsp3) is 0.312. The van der Waals surface area contributed by atoms with E-state index in [2.05, 4.69) is 28.1 Å². The second-order valence-corrected chi connectivity index (χ2v) is 6.14. The molecular formula is C16H17BrN2O. The van der Waals surface area contributed by atoms with E-state index in [9.17, 15) is 4.79 Å². The van der Waals surface area contributed by atoms with Gasteiger partial charge in [0.1, 0.15) is 5.69 Å². The van der Waals surface area contributed by atoms with Crippen LogP contribution in [-0.4, -0.2) is 21.9 Å². The van der Waals surface area contributed by atoms with Crippen LogP contribution in [0.5, 0.6) is 0 Å². The van der Waals surface area contributed by atoms with E-state index in [1.54, 1.807) is 0 Å². The number of nitrogens with zero attached hydrogens (tertiary/aromatic N) is 2. The summed E-state index contributed by atoms with van der Waals surface area (Å²) in [4.78, 5) is 14.7. The first-order valence-electron chi connectivity index (χ1n) is 6.84. The lowest BCUT2D eigenvalue weighted by atomic mass is 10.0. The first kappa shape index (κ1) is 13.4. The number of carbonyl (C=O) groups is 1. The zero-order chi connectivity index (χ0) is 14.1. The Kier molecular flexibility index (Phi) is 3.66. The smallest absolute Gasteiger partial charge is 0.271 e. The Bertz CT molecular complexity index is 621. The number of hydrogen-bond donors (Lipinski definition) is 0. The highest BCUT2D eigenvalue weighted by molar-refractivity contribution is 9.10. The molecule has 20 heavy (non-hydrogen) atoms. The molecule has 2 aromatic rings. The van der Waals surface area contributed by atoms with Gasteiger partial charge in [0.05, 0.1) is 6.04 Å². The van der Waals surface area contributed by atoms with Crippen LogP contribution in [0.3, 0.4) is 0 Å². The fourth-order valence-corrected chi connectivity index (χ4v) is 3.44. The number of halogens is 1. The maximum absolute atomic E-state index is 12.7. The number of aryl methyl sites for hydroxylation is 1. The molecule has 0 N–H and O–H groups in total. The molecule has 104 valence electrons. The lowest BCUT2D eigenvalue weighted by Gasteiger charge is -2.25. The Morgan fingerprint density at radius 2 is 2.05 bits per heavy atom. The SMILES string of the molecule is Cn1cc(Br)cc1C(=O)N1CCCC1c1ccccc1. The molecule has 0 radical (unpaired) electrons. The van der Waals surface area contributed by atoms with Crippen molar-refractivity contribution in [3.05, 3.63) is 58.3 Å². The number of hydrogen-bond acceptors (Lipinski definition) is 1. The first-order chi connectivity index (χ1) is 9.66. The summed E-state index contributed by atoms with van der Waals surface area (Å²) in [6, 6.07) is 12.4. The monoisotopic (exact) mass is 332 g/mol. The summed E-state index contributed by atoms with van der Waals surface area (Å²) in [5.41, 5.74) is 1.96. The molecule has 0 spiro atoms. The van der Waals surface area contributed by atoms with Gasteiger partial charge in [0.2, 0.25) is 0 Å². The highest BCUT2D eigenvalue weighted by Gasteiger charge is 2.31. The van der Waals surface area contributed by atoms with E-state index in [0.29, 0.717) is 0 Å². The van der Waals surface area contributed by atoms with Crippen LogP contribution in [-0.2, 0) is 7.05 Å². The van der Waals surface area contributed by atoms with Crippen molar-refractivity contribution in [3.63, 3.8) is 0 Å². The molecule has 1 unspecified atom stereocenters. The minimum Gasteiger partial charge on any atom is -0.345 e. The minimum absolute atomic E-state index is 0.115. The number of rotatable bonds is 2. The summed E-state index contributed by atoms with van der Waals surface area (Å²) in [7, 11) is 1.91. The molecular weight excluding hydrogens is 316 g/mol. The summed E-state index contributed by atoms with van der Waals surface area (Å²) < 4.78 is 2.83. The molecule has 1 aromatic carbocycles. The van der Waals surface area contributed by atoms with Crippen LogP contribution < -0.4 is 0 Å². The van der Waals surface area contributed by atoms with Gasteiger partial charge in [-0.1, -0.05) is 30.3 Å². The van der Waals surface area contributed by atoms with Gasteiger partial charge in [0.15, 0.2) is 0 Å². The van der Waals surface area contributed by atoms with Crippen LogP contribution in [0, 0.1) is 0 Å². The van der Waals surface area contributed by atoms with Gasteiger partial charge in [-0.15, -0.1) is 0 Å². The van der Waals surface area contributed by atoms with Crippen LogP contribution in [0.25, 0.3) is 0 Å². The number of carbonyl (C=O) groups excluding carboxylic acids is 1. The average Bonchev–Trinajstić information content (AvgIpc) is 3.05. The molecule has 1 aromatic heterocycles. The lowest BCUT2D eigenvalue weighted by molar-refractivity contribution is 0.0726. The minimum atomic E-state index is 0.115. The van der Waals surface area contributed by atoms with Crippen molar-refractivity contribution in [1.82, 2.24) is 9.47 Å². The van der Waals surface area contributed by atoms with Crippen molar-refractivity contribution >= 4 is 21.8 Å². The lowest BCUT2D eigenvalue weighted by Crippen LogP contribution is -2.31. The zero-order valence-corrected chi connectivity index (χ0v) is 13.0. The fourth-order valence-electron chi connectivity index (χ4n) is 2.92. The molecule has 3 rings (SSSR count). The third-order valence-electron chi connectivity index (χ3n) is 3.89. The second-order valence-electron chi connectivity index (χ2n) is 5.22. The predicted octanol–water partition coefficient (Wildman–Crippen LogP) is 3.76. The van der Waals surface area contributed by atoms with Gasteiger partial charge < -0.3 is 9.47 Å². The van der Waals surface area contributed by atoms with Crippen LogP contribution in [0.4, 0.5) is 0 Å². The summed E-state index contributed by atoms with van der Waals surface area (Å²) in [6.45, 7) is 0.835. The Morgan fingerprint density at radius 3 is 2.70 bits per heavy atom. The maximum atomic E-state index is 12.7. The summed E-state index contributed by atoms with van der Waals surface area (Å²) in [5.74, 6) is 0.115. The van der Waals surface area contributed by atoms with Crippen molar-refractivity contribution in [2.45, 2.75) is 18.9 Å². The number of amides is 1. The molecule has 1 aliphatic heterocycles. The van der Waals surface area contributed by atoms with E-state index in [1.165, 1.54) is 5.56 Å². The number of benzene rings is 1. The molecule has 1 aliphatic rings. The highest BCUT2D eigenvalue weighted by atomic mass is 79.9. The molecule has 3 nitrogen and oxygen atoms in total. The summed E-state index contributed by atoms with van der Waals surface area (Å²) in [5, 5.41) is 0. The van der Waals surface area contributed by atoms with Crippen molar-refractivity contribution in [3.8, 4) is 0 Å². The third-order valence-corrected chi connectivity index (χ3v) is 4.32. The summed E-state index contributed by atoms with van der Waals surface area (Å²) >= 11 is 3.43. The highest BCUT2D eigenvalue weighted by Crippen LogP contribution is 2.33. The molecule has 0 saturated carbocycles. The van der Waals surface area contributed by atoms with E-state index in [0.717, 1.165) is 29.6 Å². The molecule has 0 aliphatic carbocycles. The Labute approximate surface area is 127 Å². The van der Waals surface area contributed by atoms with Crippen molar-refractivity contribution in [1.29, 1.82) is 0 Å². The topological polar surface area (TPSA) is 25.2 Å². The van der Waals surface area contributed by atoms with Crippen LogP contribution in [0.1, 0.15) is 34.9 Å². The van der Waals surface area contributed by atoms with Crippen molar-refractivity contribution < 1.29 is 4.79 Å². The van der Waals surface area contributed by atoms with Gasteiger partial charge in [-0.3, -0.25) is 4.79 Å². The first-order valence-corrected chi connectivity index (χ1v) is 7.64. The molecule has 1 amide bonds. The quantitative estimate of drug-likeness (QED) is 0.821. The molecule has 0 bridgehead atoms. The van der Waals surface area contributed by atoms with Crippen LogP contribution >= 0.6 is 15.9 Å². The van der Waals surface area contributed by atoms with Gasteiger partial charge in [0, 0.05) is 24.3 Å². The normalized spacial score (nSPS) is 18.5. The van der Waals surface area contributed by atoms with Gasteiger partial charge in [-0.05, 0) is 40.4 Å². The molecule has 2 heterocycles. The van der Waals surface area contributed by atoms with Gasteiger partial charge in [-0.25, -0.2) is 0 Å². The third kappa shape index (κ3) is 2.40. The summed E-state index contributed by atoms with van der Waals surface area (Å²) in [6.07, 6.45) is 4.03. The number of aromatic nitrogens is 1. The Hall–Kier alpha value is -1.55. The Morgan fingerprint density at radius 1 is 1.30 bits per heavy atom. The van der Waals surface area contributed by atoms with E-state index >= 15 is 0 Å². The van der Waals surface area contributed by atoms with Gasteiger partial charge >= 0.3 is 0 Å². The van der Waals surface area contributed by atoms with E-state index in [1.807, 2.05) is 47.0 Å². The molecule has 4 heteroatoms. The van der Waals surface area contributed by atoms with Gasteiger partial charge in [0.25, 0.3) is 5.91 Å². The predicted molar refractivity (Wildman–Crippen MR) is 82.6 cm³/mol. The standard InChI is InChI=1S/C16H17BrN2O/c1-18-11-13(17)10-15(18)16(20)19-9-5-8-14(19)12-6-3-2-4-7-12/h2-4,6-7,10-11,14H,5,8-9H2,1H3. The van der Waals surface area contributed by atoms with Crippen LogP contribution in [0.15, 0.2) is 47.1 Å². The average molecular weight is 333 g/mol. The van der Waals surface area contributed by atoms with Gasteiger partial charge in [-0.2, -0.15) is 0 Å². The van der Waals surface area contributed by atoms with E-state index in [-0.39, 0.29) is 11.9 Å². The second kappa shape index (κ2) is 5.44. The van der Waals surface area contributed by atoms with Crippen molar-refractivity contribution in [2.75, 3.05) is 6.54 Å². The van der Waals surface area contributed by atoms with Crippen molar-refractivity contribution in [2.24, 2.45) is 7.05 Å². The molecule has 1 fully saturated rings. The molecule has 1 atom stereocenters. The number of likely N-dealkylation sites (tertiary alicyclic amines) is 1.